The van der Waals surface area contributed by atoms with Crippen molar-refractivity contribution in [1.29, 1.82) is 0 Å². The number of rotatable bonds is 18. The summed E-state index contributed by atoms with van der Waals surface area (Å²) in [5.74, 6) is 1.03. The highest BCUT2D eigenvalue weighted by atomic mass is 31.2. The van der Waals surface area contributed by atoms with Crippen molar-refractivity contribution < 1.29 is 38.4 Å². The van der Waals surface area contributed by atoms with E-state index in [9.17, 15) is 19.9 Å². The van der Waals surface area contributed by atoms with E-state index >= 15 is 0 Å². The molecule has 2 aliphatic rings. The van der Waals surface area contributed by atoms with Crippen molar-refractivity contribution in [3.63, 3.8) is 0 Å². The van der Waals surface area contributed by atoms with Crippen LogP contribution in [0.25, 0.3) is 11.2 Å². The number of anilines is 1. The zero-order valence-corrected chi connectivity index (χ0v) is 28.4. The molecule has 0 radical (unpaired) electrons. The van der Waals surface area contributed by atoms with Crippen LogP contribution < -0.4 is 11.1 Å². The molecule has 0 spiro atoms. The molecule has 2 aliphatic heterocycles. The molecule has 0 bridgehead atoms. The zero-order chi connectivity index (χ0) is 33.0. The lowest BCUT2D eigenvalue weighted by Gasteiger charge is -2.46. The largest absolute Gasteiger partial charge is 0.388 e. The summed E-state index contributed by atoms with van der Waals surface area (Å²) in [6.45, 7) is 14.4. The van der Waals surface area contributed by atoms with Crippen LogP contribution in [0, 0.1) is 11.3 Å². The van der Waals surface area contributed by atoms with Crippen molar-refractivity contribution in [3.05, 3.63) is 12.7 Å². The summed E-state index contributed by atoms with van der Waals surface area (Å²) in [7, 11) is -3.78. The number of nitrogens with two attached hydrogens (primary N) is 1. The standard InChI is InChI=1S/C30H53N6O8P/c1-7-29(6,44-45(40)30(39,8-2)17-42-45)14-21-23(37)24(38)27(43-21)36-19-35-22-25(33-18-34-26(22)36)32-16-28(4,5)11-13-41-15-20(3)10-9-12-31/h18-21,23-24,27,37-39H,7-17,31H2,1-6H3,(H,32,33,34)/t20?,21?,23-,24-,27-,29?,30?,45?/m1/s1. The summed E-state index contributed by atoms with van der Waals surface area (Å²) in [4.78, 5) is 13.3. The van der Waals surface area contributed by atoms with Crippen molar-refractivity contribution in [2.45, 2.75) is 116 Å². The number of hydrogen-bond donors (Lipinski definition) is 5. The Hall–Kier alpha value is -1.74. The molecule has 6 N–H and O–H groups in total. The third-order valence-electron chi connectivity index (χ3n) is 9.19. The van der Waals surface area contributed by atoms with Crippen molar-refractivity contribution in [2.75, 3.05) is 38.2 Å². The van der Waals surface area contributed by atoms with Gasteiger partial charge < -0.3 is 44.9 Å². The van der Waals surface area contributed by atoms with Crippen LogP contribution in [-0.4, -0.2) is 97.0 Å². The number of aromatic nitrogens is 4. The Morgan fingerprint density at radius 2 is 2.00 bits per heavy atom. The number of imidazole rings is 1. The number of hydrogen-bond acceptors (Lipinski definition) is 13. The Bertz CT molecular complexity index is 1310. The normalized spacial score (nSPS) is 30.7. The minimum atomic E-state index is -3.78. The first-order chi connectivity index (χ1) is 21.2. The highest BCUT2D eigenvalue weighted by Gasteiger charge is 2.61. The molecule has 8 atom stereocenters. The second kappa shape index (κ2) is 14.6. The number of aliphatic hydroxyl groups excluding tert-OH is 2. The summed E-state index contributed by atoms with van der Waals surface area (Å²) in [5, 5.41) is 34.5. The Labute approximate surface area is 265 Å². The molecule has 2 aromatic heterocycles. The Kier molecular flexibility index (Phi) is 11.7. The second-order valence-corrected chi connectivity index (χ2v) is 15.9. The smallest absolute Gasteiger partial charge is 0.364 e. The lowest BCUT2D eigenvalue weighted by Crippen LogP contribution is -2.48. The zero-order valence-electron chi connectivity index (χ0n) is 27.5. The van der Waals surface area contributed by atoms with E-state index in [-0.39, 0.29) is 24.9 Å². The Balaban J connectivity index is 1.39. The average molecular weight is 657 g/mol. The van der Waals surface area contributed by atoms with Gasteiger partial charge in [0.15, 0.2) is 28.6 Å². The fourth-order valence-corrected chi connectivity index (χ4v) is 7.61. The number of nitrogens with one attached hydrogen (secondary N) is 1. The molecule has 4 heterocycles. The van der Waals surface area contributed by atoms with Gasteiger partial charge in [0.2, 0.25) is 0 Å². The maximum atomic E-state index is 13.2. The van der Waals surface area contributed by atoms with E-state index in [0.717, 1.165) is 25.9 Å². The van der Waals surface area contributed by atoms with E-state index in [1.165, 1.54) is 12.7 Å². The van der Waals surface area contributed by atoms with Crippen LogP contribution in [0.3, 0.4) is 0 Å². The minimum Gasteiger partial charge on any atom is -0.388 e. The summed E-state index contributed by atoms with van der Waals surface area (Å²) in [6, 6.07) is 0. The molecule has 256 valence electrons. The summed E-state index contributed by atoms with van der Waals surface area (Å²) in [5.41, 5.74) is 5.40. The highest BCUT2D eigenvalue weighted by molar-refractivity contribution is 7.56. The predicted molar refractivity (Wildman–Crippen MR) is 170 cm³/mol. The number of aliphatic hydroxyl groups is 3. The van der Waals surface area contributed by atoms with Gasteiger partial charge in [-0.3, -0.25) is 9.13 Å². The molecule has 0 amide bonds. The van der Waals surface area contributed by atoms with Crippen molar-refractivity contribution >= 4 is 24.6 Å². The van der Waals surface area contributed by atoms with E-state index < -0.39 is 43.1 Å². The van der Waals surface area contributed by atoms with Crippen LogP contribution >= 0.6 is 7.60 Å². The highest BCUT2D eigenvalue weighted by Crippen LogP contribution is 2.70. The third-order valence-corrected chi connectivity index (χ3v) is 11.8. The fraction of sp³-hybridized carbons (Fsp3) is 0.833. The Morgan fingerprint density at radius 3 is 2.64 bits per heavy atom. The second-order valence-electron chi connectivity index (χ2n) is 13.7. The average Bonchev–Trinajstić information content (AvgIpc) is 3.56. The van der Waals surface area contributed by atoms with Gasteiger partial charge in [-0.1, -0.05) is 34.6 Å². The minimum absolute atomic E-state index is 0.0580. The maximum absolute atomic E-state index is 13.2. The molecule has 0 aromatic carbocycles. The van der Waals surface area contributed by atoms with E-state index in [1.54, 1.807) is 18.4 Å². The van der Waals surface area contributed by atoms with Crippen molar-refractivity contribution in [3.8, 4) is 0 Å². The first-order valence-corrected chi connectivity index (χ1v) is 17.6. The molecular formula is C30H53N6O8P. The molecule has 2 fully saturated rings. The SMILES string of the molecule is CCC(C)(CC1O[C@@H](n2cnc3c(NCC(C)(C)CCOCC(C)CCCN)ncnc32)[C@H](O)[C@@H]1O)OP1(=O)OCC1(O)CC. The molecule has 0 saturated carbocycles. The molecule has 45 heavy (non-hydrogen) atoms. The topological polar surface area (TPSA) is 196 Å². The van der Waals surface area contributed by atoms with Gasteiger partial charge in [0, 0.05) is 26.2 Å². The van der Waals surface area contributed by atoms with E-state index in [0.29, 0.717) is 49.0 Å². The summed E-state index contributed by atoms with van der Waals surface area (Å²) in [6.07, 6.45) is 2.19. The lowest BCUT2D eigenvalue weighted by molar-refractivity contribution is -0.0919. The summed E-state index contributed by atoms with van der Waals surface area (Å²) < 4.78 is 38.1. The van der Waals surface area contributed by atoms with E-state index in [2.05, 4.69) is 41.0 Å². The molecule has 14 nitrogen and oxygen atoms in total. The molecule has 15 heteroatoms. The van der Waals surface area contributed by atoms with Crippen LogP contribution in [0.15, 0.2) is 12.7 Å². The van der Waals surface area contributed by atoms with Gasteiger partial charge in [0.25, 0.3) is 0 Å². The van der Waals surface area contributed by atoms with Gasteiger partial charge in [-0.2, -0.15) is 0 Å². The molecule has 2 saturated heterocycles. The monoisotopic (exact) mass is 656 g/mol. The maximum Gasteiger partial charge on any atom is 0.364 e. The third kappa shape index (κ3) is 8.05. The first-order valence-electron chi connectivity index (χ1n) is 16.1. The first kappa shape index (κ1) is 36.1. The van der Waals surface area contributed by atoms with Crippen LogP contribution in [-0.2, 0) is 23.1 Å². The predicted octanol–water partition coefficient (Wildman–Crippen LogP) is 3.56. The van der Waals surface area contributed by atoms with Crippen molar-refractivity contribution in [2.24, 2.45) is 17.1 Å². The summed E-state index contributed by atoms with van der Waals surface area (Å²) >= 11 is 0. The number of nitrogens with zero attached hydrogens (tertiary/aromatic N) is 4. The van der Waals surface area contributed by atoms with Gasteiger partial charge in [0.05, 0.1) is 24.6 Å². The Morgan fingerprint density at radius 1 is 1.24 bits per heavy atom. The van der Waals surface area contributed by atoms with Crippen LogP contribution in [0.5, 0.6) is 0 Å². The number of fused-ring (bicyclic) bond motifs is 1. The van der Waals surface area contributed by atoms with Gasteiger partial charge in [-0.15, -0.1) is 0 Å². The molecule has 5 unspecified atom stereocenters. The van der Waals surface area contributed by atoms with Gasteiger partial charge >= 0.3 is 7.60 Å². The van der Waals surface area contributed by atoms with E-state index in [4.69, 9.17) is 24.3 Å². The molecule has 2 aromatic rings. The van der Waals surface area contributed by atoms with Crippen LogP contribution in [0.2, 0.25) is 0 Å². The molecular weight excluding hydrogens is 603 g/mol. The molecule has 0 aliphatic carbocycles. The van der Waals surface area contributed by atoms with Gasteiger partial charge in [-0.05, 0) is 56.9 Å². The van der Waals surface area contributed by atoms with Gasteiger partial charge in [0.1, 0.15) is 18.5 Å². The fourth-order valence-electron chi connectivity index (χ4n) is 5.58. The van der Waals surface area contributed by atoms with Gasteiger partial charge in [-0.25, -0.2) is 15.0 Å². The van der Waals surface area contributed by atoms with Crippen LogP contribution in [0.4, 0.5) is 5.82 Å². The number of ether oxygens (including phenoxy) is 2. The lowest BCUT2D eigenvalue weighted by atomic mass is 9.89. The van der Waals surface area contributed by atoms with E-state index in [1.807, 2.05) is 6.92 Å². The molecule has 4 rings (SSSR count). The quantitative estimate of drug-likeness (QED) is 0.115. The van der Waals surface area contributed by atoms with Crippen molar-refractivity contribution in [1.82, 2.24) is 19.5 Å². The van der Waals surface area contributed by atoms with Crippen LogP contribution in [0.1, 0.15) is 86.3 Å².